The number of aliphatic imine (C=N–C) groups is 1. The van der Waals surface area contributed by atoms with Gasteiger partial charge >= 0.3 is 0 Å². The smallest absolute Gasteiger partial charge is 0.121 e. The molecule has 2 aromatic rings. The fourth-order valence-corrected chi connectivity index (χ4v) is 3.82. The fourth-order valence-electron chi connectivity index (χ4n) is 3.82. The Morgan fingerprint density at radius 3 is 2.78 bits per heavy atom. The molecule has 3 nitrogen and oxygen atoms in total. The van der Waals surface area contributed by atoms with Crippen LogP contribution in [-0.2, 0) is 6.54 Å². The molecule has 1 fully saturated rings. The number of piperidine rings is 1. The SMILES string of the molecule is COc1ccc2c(c1)N=C1C2CCN(Cc2ccccc2)C1C. The highest BCUT2D eigenvalue weighted by atomic mass is 16.5. The Morgan fingerprint density at radius 2 is 2.00 bits per heavy atom. The van der Waals surface area contributed by atoms with Gasteiger partial charge in [0.05, 0.1) is 12.8 Å². The molecule has 2 aromatic carbocycles. The highest BCUT2D eigenvalue weighted by Gasteiger charge is 2.37. The quantitative estimate of drug-likeness (QED) is 0.850. The van der Waals surface area contributed by atoms with Gasteiger partial charge < -0.3 is 4.74 Å². The first-order valence-corrected chi connectivity index (χ1v) is 8.30. The van der Waals surface area contributed by atoms with Gasteiger partial charge in [-0.3, -0.25) is 9.89 Å². The van der Waals surface area contributed by atoms with Crippen molar-refractivity contribution in [3.8, 4) is 5.75 Å². The normalized spacial score (nSPS) is 23.1. The lowest BCUT2D eigenvalue weighted by Crippen LogP contribution is -2.45. The molecule has 2 aliphatic heterocycles. The van der Waals surface area contributed by atoms with Crippen molar-refractivity contribution >= 4 is 11.4 Å². The summed E-state index contributed by atoms with van der Waals surface area (Å²) in [4.78, 5) is 7.49. The largest absolute Gasteiger partial charge is 0.497 e. The Kier molecular flexibility index (Phi) is 3.66. The highest BCUT2D eigenvalue weighted by Crippen LogP contribution is 2.43. The summed E-state index contributed by atoms with van der Waals surface area (Å²) in [7, 11) is 1.71. The van der Waals surface area contributed by atoms with Gasteiger partial charge in [0, 0.05) is 36.8 Å². The van der Waals surface area contributed by atoms with Crippen LogP contribution in [0.5, 0.6) is 5.75 Å². The molecular weight excluding hydrogens is 284 g/mol. The number of ether oxygens (including phenoxy) is 1. The fraction of sp³-hybridized carbons (Fsp3) is 0.350. The number of hydrogen-bond acceptors (Lipinski definition) is 3. The van der Waals surface area contributed by atoms with E-state index in [-0.39, 0.29) is 0 Å². The molecule has 2 atom stereocenters. The summed E-state index contributed by atoms with van der Waals surface area (Å²) in [6, 6.07) is 17.4. The van der Waals surface area contributed by atoms with Gasteiger partial charge in [0.15, 0.2) is 0 Å². The third-order valence-electron chi connectivity index (χ3n) is 5.13. The molecule has 0 aliphatic carbocycles. The zero-order chi connectivity index (χ0) is 15.8. The third-order valence-corrected chi connectivity index (χ3v) is 5.13. The van der Waals surface area contributed by atoms with Gasteiger partial charge in [-0.2, -0.15) is 0 Å². The van der Waals surface area contributed by atoms with Crippen LogP contribution in [0.3, 0.4) is 0 Å². The maximum atomic E-state index is 5.34. The van der Waals surface area contributed by atoms with Crippen LogP contribution in [0, 0.1) is 0 Å². The van der Waals surface area contributed by atoms with E-state index >= 15 is 0 Å². The van der Waals surface area contributed by atoms with Gasteiger partial charge in [0.25, 0.3) is 0 Å². The molecule has 0 spiro atoms. The first kappa shape index (κ1) is 14.5. The van der Waals surface area contributed by atoms with E-state index in [9.17, 15) is 0 Å². The van der Waals surface area contributed by atoms with Gasteiger partial charge in [0.2, 0.25) is 0 Å². The van der Waals surface area contributed by atoms with E-state index in [1.54, 1.807) is 7.11 Å². The topological polar surface area (TPSA) is 24.8 Å². The van der Waals surface area contributed by atoms with E-state index in [4.69, 9.17) is 9.73 Å². The molecule has 2 aliphatic rings. The van der Waals surface area contributed by atoms with E-state index in [1.165, 1.54) is 16.8 Å². The highest BCUT2D eigenvalue weighted by molar-refractivity contribution is 6.02. The molecular formula is C20H22N2O. The van der Waals surface area contributed by atoms with E-state index in [1.807, 2.05) is 0 Å². The third kappa shape index (κ3) is 2.55. The van der Waals surface area contributed by atoms with Gasteiger partial charge in [-0.15, -0.1) is 0 Å². The van der Waals surface area contributed by atoms with Crippen molar-refractivity contribution in [2.75, 3.05) is 13.7 Å². The maximum Gasteiger partial charge on any atom is 0.121 e. The molecule has 0 radical (unpaired) electrons. The molecule has 2 heterocycles. The van der Waals surface area contributed by atoms with Crippen molar-refractivity contribution in [2.45, 2.75) is 31.8 Å². The number of fused-ring (bicyclic) bond motifs is 3. The predicted octanol–water partition coefficient (Wildman–Crippen LogP) is 4.16. The Labute approximate surface area is 137 Å². The number of methoxy groups -OCH3 is 1. The van der Waals surface area contributed by atoms with Crippen LogP contribution in [0.15, 0.2) is 53.5 Å². The van der Waals surface area contributed by atoms with E-state index in [0.717, 1.165) is 30.9 Å². The zero-order valence-electron chi connectivity index (χ0n) is 13.7. The first-order chi connectivity index (χ1) is 11.3. The molecule has 0 N–H and O–H groups in total. The lowest BCUT2D eigenvalue weighted by atomic mass is 9.85. The summed E-state index contributed by atoms with van der Waals surface area (Å²) in [6.45, 7) is 4.40. The minimum atomic E-state index is 0.382. The predicted molar refractivity (Wildman–Crippen MR) is 93.8 cm³/mol. The first-order valence-electron chi connectivity index (χ1n) is 8.30. The molecule has 0 saturated carbocycles. The van der Waals surface area contributed by atoms with Crippen LogP contribution in [0.25, 0.3) is 0 Å². The molecule has 23 heavy (non-hydrogen) atoms. The number of benzene rings is 2. The molecule has 1 saturated heterocycles. The lowest BCUT2D eigenvalue weighted by Gasteiger charge is -2.37. The number of nitrogens with zero attached hydrogens (tertiary/aromatic N) is 2. The minimum Gasteiger partial charge on any atom is -0.497 e. The van der Waals surface area contributed by atoms with Gasteiger partial charge in [-0.25, -0.2) is 0 Å². The molecule has 0 aromatic heterocycles. The zero-order valence-corrected chi connectivity index (χ0v) is 13.7. The lowest BCUT2D eigenvalue weighted by molar-refractivity contribution is 0.219. The summed E-state index contributed by atoms with van der Waals surface area (Å²) in [5.41, 5.74) is 5.15. The van der Waals surface area contributed by atoms with Crippen molar-refractivity contribution in [2.24, 2.45) is 4.99 Å². The molecule has 0 amide bonds. The number of hydrogen-bond donors (Lipinski definition) is 0. The molecule has 2 unspecified atom stereocenters. The average Bonchev–Trinajstić information content (AvgIpc) is 2.97. The van der Waals surface area contributed by atoms with Crippen molar-refractivity contribution in [3.63, 3.8) is 0 Å². The molecule has 0 bridgehead atoms. The van der Waals surface area contributed by atoms with Gasteiger partial charge in [0.1, 0.15) is 5.75 Å². The van der Waals surface area contributed by atoms with E-state index in [0.29, 0.717) is 12.0 Å². The molecule has 3 heteroatoms. The minimum absolute atomic E-state index is 0.382. The number of rotatable bonds is 3. The van der Waals surface area contributed by atoms with Gasteiger partial charge in [-0.05, 0) is 30.5 Å². The van der Waals surface area contributed by atoms with Crippen molar-refractivity contribution in [1.29, 1.82) is 0 Å². The van der Waals surface area contributed by atoms with Crippen LogP contribution in [0.2, 0.25) is 0 Å². The Balaban J connectivity index is 1.58. The monoisotopic (exact) mass is 306 g/mol. The Hall–Kier alpha value is -2.13. The van der Waals surface area contributed by atoms with E-state index in [2.05, 4.69) is 60.4 Å². The maximum absolute atomic E-state index is 5.34. The summed E-state index contributed by atoms with van der Waals surface area (Å²) < 4.78 is 5.34. The van der Waals surface area contributed by atoms with E-state index < -0.39 is 0 Å². The molecule has 4 rings (SSSR count). The van der Waals surface area contributed by atoms with Crippen molar-refractivity contribution < 1.29 is 4.74 Å². The summed E-state index contributed by atoms with van der Waals surface area (Å²) in [5.74, 6) is 1.37. The van der Waals surface area contributed by atoms with Crippen LogP contribution in [0.4, 0.5) is 5.69 Å². The standard InChI is InChI=1S/C20H22N2O/c1-14-20-18(17-9-8-16(23-2)12-19(17)21-20)10-11-22(14)13-15-6-4-3-5-7-15/h3-9,12,14,18H,10-11,13H2,1-2H3. The second-order valence-corrected chi connectivity index (χ2v) is 6.43. The van der Waals surface area contributed by atoms with Crippen molar-refractivity contribution in [1.82, 2.24) is 4.90 Å². The van der Waals surface area contributed by atoms with Crippen LogP contribution >= 0.6 is 0 Å². The van der Waals surface area contributed by atoms with Crippen LogP contribution in [0.1, 0.15) is 30.4 Å². The number of likely N-dealkylation sites (tertiary alicyclic amines) is 1. The Bertz CT molecular complexity index is 739. The Morgan fingerprint density at radius 1 is 1.17 bits per heavy atom. The summed E-state index contributed by atoms with van der Waals surface area (Å²) in [6.07, 6.45) is 1.15. The van der Waals surface area contributed by atoms with Gasteiger partial charge in [-0.1, -0.05) is 36.4 Å². The second kappa shape index (κ2) is 5.82. The second-order valence-electron chi connectivity index (χ2n) is 6.43. The van der Waals surface area contributed by atoms with Crippen LogP contribution in [-0.4, -0.2) is 30.3 Å². The molecule has 118 valence electrons. The summed E-state index contributed by atoms with van der Waals surface area (Å²) >= 11 is 0. The average molecular weight is 306 g/mol. The van der Waals surface area contributed by atoms with Crippen LogP contribution < -0.4 is 4.74 Å². The summed E-state index contributed by atoms with van der Waals surface area (Å²) in [5, 5.41) is 0. The van der Waals surface area contributed by atoms with Crippen molar-refractivity contribution in [3.05, 3.63) is 59.7 Å².